The fourth-order valence-corrected chi connectivity index (χ4v) is 5.21. The third-order valence-electron chi connectivity index (χ3n) is 6.07. The molecule has 0 aliphatic carbocycles. The summed E-state index contributed by atoms with van der Waals surface area (Å²) < 4.78 is 39.2. The van der Waals surface area contributed by atoms with Crippen LogP contribution in [-0.2, 0) is 14.8 Å². The van der Waals surface area contributed by atoms with Gasteiger partial charge in [-0.25, -0.2) is 8.42 Å². The zero-order chi connectivity index (χ0) is 24.1. The minimum Gasteiger partial charge on any atom is -0.490 e. The molecule has 2 aliphatic heterocycles. The normalized spacial score (nSPS) is 17.6. The van der Waals surface area contributed by atoms with Gasteiger partial charge in [-0.2, -0.15) is 4.72 Å². The Morgan fingerprint density at radius 2 is 1.68 bits per heavy atom. The van der Waals surface area contributed by atoms with Crippen molar-refractivity contribution in [2.45, 2.75) is 31.2 Å². The van der Waals surface area contributed by atoms with Gasteiger partial charge in [0.2, 0.25) is 15.9 Å². The van der Waals surface area contributed by atoms with E-state index in [1.807, 2.05) is 24.3 Å². The second-order valence-electron chi connectivity index (χ2n) is 8.46. The first-order chi connectivity index (χ1) is 16.4. The summed E-state index contributed by atoms with van der Waals surface area (Å²) in [6.45, 7) is 9.74. The monoisotopic (exact) mass is 488 g/mol. The Morgan fingerprint density at radius 1 is 1.00 bits per heavy atom. The number of fused-ring (bicyclic) bond motifs is 1. The number of carbonyl (C=O) groups is 1. The van der Waals surface area contributed by atoms with Crippen LogP contribution < -0.4 is 24.4 Å². The third-order valence-corrected chi connectivity index (χ3v) is 7.61. The first-order valence-corrected chi connectivity index (χ1v) is 13.1. The molecule has 0 radical (unpaired) electrons. The summed E-state index contributed by atoms with van der Waals surface area (Å²) in [5, 5.41) is 2.78. The molecule has 2 heterocycles. The van der Waals surface area contributed by atoms with Gasteiger partial charge in [-0.15, -0.1) is 0 Å². The van der Waals surface area contributed by atoms with Gasteiger partial charge in [0.25, 0.3) is 0 Å². The SMILES string of the molecule is CCN1CCN(c2ccc(NC(=O)[C@H](C)NS(=O)(=O)c3ccc4c(c3)OCCCO4)cc2)CC1. The van der Waals surface area contributed by atoms with E-state index in [1.165, 1.54) is 19.1 Å². The maximum atomic E-state index is 12.8. The average molecular weight is 489 g/mol. The zero-order valence-corrected chi connectivity index (χ0v) is 20.4. The third kappa shape index (κ3) is 5.81. The first kappa shape index (κ1) is 24.3. The Kier molecular flexibility index (Phi) is 7.60. The molecule has 0 spiro atoms. The molecule has 1 amide bonds. The van der Waals surface area contributed by atoms with Crippen LogP contribution in [0, 0.1) is 0 Å². The minimum atomic E-state index is -3.93. The van der Waals surface area contributed by atoms with Crippen molar-refractivity contribution in [3.8, 4) is 11.5 Å². The van der Waals surface area contributed by atoms with Crippen molar-refractivity contribution in [2.24, 2.45) is 0 Å². The van der Waals surface area contributed by atoms with Gasteiger partial charge in [0.1, 0.15) is 0 Å². The molecule has 9 nitrogen and oxygen atoms in total. The molecule has 0 saturated carbocycles. The molecule has 4 rings (SSSR count). The molecule has 184 valence electrons. The van der Waals surface area contributed by atoms with Crippen molar-refractivity contribution in [1.29, 1.82) is 0 Å². The maximum Gasteiger partial charge on any atom is 0.242 e. The number of rotatable bonds is 7. The number of piperazine rings is 1. The zero-order valence-electron chi connectivity index (χ0n) is 19.6. The van der Waals surface area contributed by atoms with Crippen LogP contribution in [0.2, 0.25) is 0 Å². The molecule has 2 N–H and O–H groups in total. The number of nitrogens with zero attached hydrogens (tertiary/aromatic N) is 2. The van der Waals surface area contributed by atoms with Gasteiger partial charge in [0.05, 0.1) is 24.2 Å². The van der Waals surface area contributed by atoms with Gasteiger partial charge >= 0.3 is 0 Å². The number of nitrogens with one attached hydrogen (secondary N) is 2. The summed E-state index contributed by atoms with van der Waals surface area (Å²) in [6.07, 6.45) is 0.725. The van der Waals surface area contributed by atoms with Crippen molar-refractivity contribution in [1.82, 2.24) is 9.62 Å². The predicted molar refractivity (Wildman–Crippen MR) is 131 cm³/mol. The highest BCUT2D eigenvalue weighted by molar-refractivity contribution is 7.89. The largest absolute Gasteiger partial charge is 0.490 e. The average Bonchev–Trinajstić information content (AvgIpc) is 3.09. The molecule has 2 aromatic rings. The van der Waals surface area contributed by atoms with Gasteiger partial charge < -0.3 is 24.6 Å². The number of likely N-dealkylation sites (N-methyl/N-ethyl adjacent to an activating group) is 1. The van der Waals surface area contributed by atoms with E-state index in [2.05, 4.69) is 26.8 Å². The van der Waals surface area contributed by atoms with Crippen LogP contribution in [0.5, 0.6) is 11.5 Å². The first-order valence-electron chi connectivity index (χ1n) is 11.7. The molecular formula is C24H32N4O5S. The standard InChI is InChI=1S/C24H32N4O5S/c1-3-27-11-13-28(14-12-27)20-7-5-19(6-8-20)25-24(29)18(2)26-34(30,31)21-9-10-22-23(17-21)33-16-4-15-32-22/h5-10,17-18,26H,3-4,11-16H2,1-2H3,(H,25,29)/t18-/m0/s1. The van der Waals surface area contributed by atoms with Crippen LogP contribution in [0.4, 0.5) is 11.4 Å². The van der Waals surface area contributed by atoms with Gasteiger partial charge in [-0.05, 0) is 49.9 Å². The second-order valence-corrected chi connectivity index (χ2v) is 10.2. The molecule has 1 atom stereocenters. The quantitative estimate of drug-likeness (QED) is 0.617. The van der Waals surface area contributed by atoms with Crippen LogP contribution in [0.25, 0.3) is 0 Å². The van der Waals surface area contributed by atoms with E-state index in [0.29, 0.717) is 30.4 Å². The number of hydrogen-bond donors (Lipinski definition) is 2. The Labute approximate surface area is 201 Å². The molecule has 0 aromatic heterocycles. The van der Waals surface area contributed by atoms with E-state index in [1.54, 1.807) is 6.07 Å². The van der Waals surface area contributed by atoms with E-state index >= 15 is 0 Å². The van der Waals surface area contributed by atoms with Crippen LogP contribution in [0.3, 0.4) is 0 Å². The highest BCUT2D eigenvalue weighted by Crippen LogP contribution is 2.32. The van der Waals surface area contributed by atoms with E-state index in [-0.39, 0.29) is 4.90 Å². The lowest BCUT2D eigenvalue weighted by Gasteiger charge is -2.35. The number of sulfonamides is 1. The molecule has 1 saturated heterocycles. The molecule has 1 fully saturated rings. The van der Waals surface area contributed by atoms with Crippen molar-refractivity contribution in [3.05, 3.63) is 42.5 Å². The van der Waals surface area contributed by atoms with E-state index in [0.717, 1.165) is 44.8 Å². The van der Waals surface area contributed by atoms with E-state index in [4.69, 9.17) is 9.47 Å². The fraction of sp³-hybridized carbons (Fsp3) is 0.458. The summed E-state index contributed by atoms with van der Waals surface area (Å²) in [5.41, 5.74) is 1.72. The summed E-state index contributed by atoms with van der Waals surface area (Å²) in [4.78, 5) is 17.4. The molecule has 34 heavy (non-hydrogen) atoms. The summed E-state index contributed by atoms with van der Waals surface area (Å²) in [5.74, 6) is 0.453. The lowest BCUT2D eigenvalue weighted by atomic mass is 10.2. The lowest BCUT2D eigenvalue weighted by Crippen LogP contribution is -2.46. The van der Waals surface area contributed by atoms with Crippen molar-refractivity contribution in [2.75, 3.05) is 56.2 Å². The number of hydrogen-bond acceptors (Lipinski definition) is 7. The smallest absolute Gasteiger partial charge is 0.242 e. The highest BCUT2D eigenvalue weighted by atomic mass is 32.2. The highest BCUT2D eigenvalue weighted by Gasteiger charge is 2.24. The van der Waals surface area contributed by atoms with Crippen LogP contribution in [0.15, 0.2) is 47.4 Å². The van der Waals surface area contributed by atoms with Crippen LogP contribution >= 0.6 is 0 Å². The molecule has 0 unspecified atom stereocenters. The number of anilines is 2. The minimum absolute atomic E-state index is 0.0175. The topological polar surface area (TPSA) is 100 Å². The predicted octanol–water partition coefficient (Wildman–Crippen LogP) is 2.30. The van der Waals surface area contributed by atoms with Crippen molar-refractivity contribution >= 4 is 27.3 Å². The van der Waals surface area contributed by atoms with E-state index < -0.39 is 22.0 Å². The van der Waals surface area contributed by atoms with Crippen LogP contribution in [0.1, 0.15) is 20.3 Å². The number of benzene rings is 2. The summed E-state index contributed by atoms with van der Waals surface area (Å²) in [6, 6.07) is 11.1. The van der Waals surface area contributed by atoms with Crippen molar-refractivity contribution in [3.63, 3.8) is 0 Å². The van der Waals surface area contributed by atoms with Gasteiger partial charge in [-0.3, -0.25) is 4.79 Å². The maximum absolute atomic E-state index is 12.8. The Morgan fingerprint density at radius 3 is 2.35 bits per heavy atom. The lowest BCUT2D eigenvalue weighted by molar-refractivity contribution is -0.117. The number of amides is 1. The number of ether oxygens (including phenoxy) is 2. The van der Waals surface area contributed by atoms with Gasteiger partial charge in [-0.1, -0.05) is 6.92 Å². The summed E-state index contributed by atoms with van der Waals surface area (Å²) >= 11 is 0. The Hall–Kier alpha value is -2.82. The molecule has 2 aromatic carbocycles. The molecular weight excluding hydrogens is 456 g/mol. The molecule has 10 heteroatoms. The van der Waals surface area contributed by atoms with E-state index in [9.17, 15) is 13.2 Å². The van der Waals surface area contributed by atoms with Crippen LogP contribution in [-0.4, -0.2) is 71.2 Å². The van der Waals surface area contributed by atoms with Crippen molar-refractivity contribution < 1.29 is 22.7 Å². The van der Waals surface area contributed by atoms with Gasteiger partial charge in [0.15, 0.2) is 11.5 Å². The van der Waals surface area contributed by atoms with Gasteiger partial charge in [0, 0.05) is 50.0 Å². The Bertz CT molecular complexity index is 1100. The Balaban J connectivity index is 1.35. The second kappa shape index (κ2) is 10.6. The molecule has 0 bridgehead atoms. The summed E-state index contributed by atoms with van der Waals surface area (Å²) in [7, 11) is -3.93. The molecule has 2 aliphatic rings. The fourth-order valence-electron chi connectivity index (χ4n) is 3.99. The number of carbonyl (C=O) groups excluding carboxylic acids is 1.